The maximum atomic E-state index is 11.0. The highest BCUT2D eigenvalue weighted by Crippen LogP contribution is 2.33. The van der Waals surface area contributed by atoms with Crippen molar-refractivity contribution in [2.24, 2.45) is 5.41 Å². The highest BCUT2D eigenvalue weighted by molar-refractivity contribution is 5.74. The Hall–Kier alpha value is -1.06. The van der Waals surface area contributed by atoms with E-state index in [1.54, 1.807) is 4.90 Å². The van der Waals surface area contributed by atoms with Crippen molar-refractivity contribution in [3.63, 3.8) is 0 Å². The first kappa shape index (κ1) is 10.0. The maximum Gasteiger partial charge on any atom is 0.303 e. The minimum absolute atomic E-state index is 0.0362. The van der Waals surface area contributed by atoms with Crippen LogP contribution >= 0.6 is 0 Å². The topological polar surface area (TPSA) is 57.6 Å². The number of hydrogen-bond donors (Lipinski definition) is 1. The van der Waals surface area contributed by atoms with E-state index in [1.165, 1.54) is 6.92 Å². The lowest BCUT2D eigenvalue weighted by Gasteiger charge is -2.21. The average Bonchev–Trinajstić information content (AvgIpc) is 2.29. The Kier molecular flexibility index (Phi) is 2.59. The predicted molar refractivity (Wildman–Crippen MR) is 47.2 cm³/mol. The van der Waals surface area contributed by atoms with Crippen LogP contribution in [-0.4, -0.2) is 35.0 Å². The molecule has 1 saturated heterocycles. The molecule has 1 amide bonds. The molecule has 1 rings (SSSR count). The minimum atomic E-state index is -0.784. The third-order valence-electron chi connectivity index (χ3n) is 2.58. The molecule has 1 N–H and O–H groups in total. The molecular formula is C9H15NO3. The van der Waals surface area contributed by atoms with Gasteiger partial charge in [-0.15, -0.1) is 0 Å². The van der Waals surface area contributed by atoms with Gasteiger partial charge in [-0.25, -0.2) is 0 Å². The number of carbonyl (C=O) groups excluding carboxylic acids is 1. The molecule has 1 fully saturated rings. The molecule has 4 nitrogen and oxygen atoms in total. The van der Waals surface area contributed by atoms with Gasteiger partial charge in [0.05, 0.1) is 6.42 Å². The molecule has 0 aromatic carbocycles. The van der Waals surface area contributed by atoms with E-state index >= 15 is 0 Å². The number of aliphatic carboxylic acids is 1. The van der Waals surface area contributed by atoms with Gasteiger partial charge >= 0.3 is 5.97 Å². The van der Waals surface area contributed by atoms with Crippen molar-refractivity contribution in [1.29, 1.82) is 0 Å². The molecule has 1 aliphatic rings. The SMILES string of the molecule is CC(=O)N1CCC(C)(CC(=O)O)C1. The lowest BCUT2D eigenvalue weighted by molar-refractivity contribution is -0.140. The molecule has 1 heterocycles. The molecule has 1 aliphatic heterocycles. The van der Waals surface area contributed by atoms with Gasteiger partial charge < -0.3 is 10.0 Å². The van der Waals surface area contributed by atoms with Crippen molar-refractivity contribution < 1.29 is 14.7 Å². The van der Waals surface area contributed by atoms with Crippen LogP contribution in [0.5, 0.6) is 0 Å². The van der Waals surface area contributed by atoms with Crippen molar-refractivity contribution in [2.75, 3.05) is 13.1 Å². The molecule has 4 heteroatoms. The monoisotopic (exact) mass is 185 g/mol. The number of carbonyl (C=O) groups is 2. The summed E-state index contributed by atoms with van der Waals surface area (Å²) in [7, 11) is 0. The molecule has 13 heavy (non-hydrogen) atoms. The summed E-state index contributed by atoms with van der Waals surface area (Å²) in [5.41, 5.74) is -0.225. The zero-order valence-corrected chi connectivity index (χ0v) is 8.04. The third kappa shape index (κ3) is 2.44. The Morgan fingerprint density at radius 3 is 2.54 bits per heavy atom. The number of nitrogens with zero attached hydrogens (tertiary/aromatic N) is 1. The summed E-state index contributed by atoms with van der Waals surface area (Å²) in [4.78, 5) is 23.2. The summed E-state index contributed by atoms with van der Waals surface area (Å²) in [5.74, 6) is -0.748. The van der Waals surface area contributed by atoms with Crippen LogP contribution in [-0.2, 0) is 9.59 Å². The minimum Gasteiger partial charge on any atom is -0.481 e. The molecule has 0 aliphatic carbocycles. The van der Waals surface area contributed by atoms with Crippen molar-refractivity contribution in [2.45, 2.75) is 26.7 Å². The molecular weight excluding hydrogens is 170 g/mol. The summed E-state index contributed by atoms with van der Waals surface area (Å²) < 4.78 is 0. The molecule has 74 valence electrons. The molecule has 0 bridgehead atoms. The standard InChI is InChI=1S/C9H15NO3/c1-7(11)10-4-3-9(2,6-10)5-8(12)13/h3-6H2,1-2H3,(H,12,13). The van der Waals surface area contributed by atoms with E-state index in [0.29, 0.717) is 13.1 Å². The average molecular weight is 185 g/mol. The summed E-state index contributed by atoms with van der Waals surface area (Å²) in [5, 5.41) is 8.66. The van der Waals surface area contributed by atoms with Crippen molar-refractivity contribution in [3.8, 4) is 0 Å². The summed E-state index contributed by atoms with van der Waals surface area (Å²) in [6.45, 7) is 4.71. The lowest BCUT2D eigenvalue weighted by atomic mass is 9.86. The van der Waals surface area contributed by atoms with Crippen LogP contribution in [0.3, 0.4) is 0 Å². The van der Waals surface area contributed by atoms with Crippen molar-refractivity contribution in [1.82, 2.24) is 4.90 Å². The highest BCUT2D eigenvalue weighted by atomic mass is 16.4. The number of carboxylic acids is 1. The van der Waals surface area contributed by atoms with Gasteiger partial charge in [0.2, 0.25) is 5.91 Å². The van der Waals surface area contributed by atoms with Gasteiger partial charge in [-0.1, -0.05) is 6.92 Å². The second kappa shape index (κ2) is 3.36. The van der Waals surface area contributed by atoms with Crippen LogP contribution < -0.4 is 0 Å². The Morgan fingerprint density at radius 1 is 1.54 bits per heavy atom. The Balaban J connectivity index is 2.56. The molecule has 1 unspecified atom stereocenters. The lowest BCUT2D eigenvalue weighted by Crippen LogP contribution is -2.30. The largest absolute Gasteiger partial charge is 0.481 e. The van der Waals surface area contributed by atoms with E-state index in [2.05, 4.69) is 0 Å². The highest BCUT2D eigenvalue weighted by Gasteiger charge is 2.36. The van der Waals surface area contributed by atoms with Crippen LogP contribution in [0.15, 0.2) is 0 Å². The number of hydrogen-bond acceptors (Lipinski definition) is 2. The molecule has 0 spiro atoms. The predicted octanol–water partition coefficient (Wildman–Crippen LogP) is 0.720. The molecule has 1 atom stereocenters. The van der Waals surface area contributed by atoms with Gasteiger partial charge in [-0.2, -0.15) is 0 Å². The quantitative estimate of drug-likeness (QED) is 0.689. The van der Waals surface area contributed by atoms with E-state index in [9.17, 15) is 9.59 Å². The smallest absolute Gasteiger partial charge is 0.303 e. The molecule has 0 saturated carbocycles. The summed E-state index contributed by atoms with van der Waals surface area (Å²) in [6, 6.07) is 0. The van der Waals surface area contributed by atoms with Crippen LogP contribution in [0, 0.1) is 5.41 Å². The zero-order valence-electron chi connectivity index (χ0n) is 8.04. The number of carboxylic acid groups (broad SMARTS) is 1. The molecule has 0 aromatic rings. The Bertz CT molecular complexity index is 239. The third-order valence-corrected chi connectivity index (χ3v) is 2.58. The fraction of sp³-hybridized carbons (Fsp3) is 0.778. The van der Waals surface area contributed by atoms with E-state index < -0.39 is 5.97 Å². The normalized spacial score (nSPS) is 27.7. The van der Waals surface area contributed by atoms with Gasteiger partial charge in [0.1, 0.15) is 0 Å². The van der Waals surface area contributed by atoms with E-state index in [1.807, 2.05) is 6.92 Å². The maximum absolute atomic E-state index is 11.0. The van der Waals surface area contributed by atoms with Gasteiger partial charge in [-0.05, 0) is 11.8 Å². The van der Waals surface area contributed by atoms with E-state index in [0.717, 1.165) is 6.42 Å². The van der Waals surface area contributed by atoms with Crippen LogP contribution in [0.2, 0.25) is 0 Å². The van der Waals surface area contributed by atoms with Crippen LogP contribution in [0.4, 0.5) is 0 Å². The fourth-order valence-corrected chi connectivity index (χ4v) is 1.80. The van der Waals surface area contributed by atoms with E-state index in [4.69, 9.17) is 5.11 Å². The second-order valence-corrected chi connectivity index (χ2v) is 4.07. The van der Waals surface area contributed by atoms with Gasteiger partial charge in [-0.3, -0.25) is 9.59 Å². The van der Waals surface area contributed by atoms with Crippen LogP contribution in [0.25, 0.3) is 0 Å². The van der Waals surface area contributed by atoms with Crippen molar-refractivity contribution >= 4 is 11.9 Å². The van der Waals surface area contributed by atoms with Crippen LogP contribution in [0.1, 0.15) is 26.7 Å². The first-order valence-electron chi connectivity index (χ1n) is 4.40. The number of likely N-dealkylation sites (tertiary alicyclic amines) is 1. The van der Waals surface area contributed by atoms with Crippen molar-refractivity contribution in [3.05, 3.63) is 0 Å². The number of amides is 1. The Morgan fingerprint density at radius 2 is 2.15 bits per heavy atom. The van der Waals surface area contributed by atoms with Gasteiger partial charge in [0.25, 0.3) is 0 Å². The first-order chi connectivity index (χ1) is 5.93. The van der Waals surface area contributed by atoms with Gasteiger partial charge in [0.15, 0.2) is 0 Å². The number of rotatable bonds is 2. The fourth-order valence-electron chi connectivity index (χ4n) is 1.80. The molecule has 0 aromatic heterocycles. The summed E-state index contributed by atoms with van der Waals surface area (Å²) >= 11 is 0. The van der Waals surface area contributed by atoms with Gasteiger partial charge in [0, 0.05) is 20.0 Å². The van der Waals surface area contributed by atoms with E-state index in [-0.39, 0.29) is 17.7 Å². The second-order valence-electron chi connectivity index (χ2n) is 4.07. The summed E-state index contributed by atoms with van der Waals surface area (Å²) in [6.07, 6.45) is 0.940. The molecule has 0 radical (unpaired) electrons. The first-order valence-corrected chi connectivity index (χ1v) is 4.40. The zero-order chi connectivity index (χ0) is 10.1. The Labute approximate surface area is 77.5 Å².